The predicted octanol–water partition coefficient (Wildman–Crippen LogP) is 2.29. The Morgan fingerprint density at radius 3 is 2.65 bits per heavy atom. The van der Waals surface area contributed by atoms with Gasteiger partial charge in [0.15, 0.2) is 0 Å². The van der Waals surface area contributed by atoms with Crippen molar-refractivity contribution in [3.05, 3.63) is 22.2 Å². The second kappa shape index (κ2) is 4.26. The van der Waals surface area contributed by atoms with Crippen molar-refractivity contribution in [3.8, 4) is 0 Å². The molecule has 0 bridgehead atoms. The normalized spacial score (nSPS) is 14.9. The van der Waals surface area contributed by atoms with E-state index >= 15 is 0 Å². The Bertz CT molecular complexity index is 600. The van der Waals surface area contributed by atoms with E-state index < -0.39 is 9.05 Å². The number of hydrogen-bond donors (Lipinski definition) is 0. The molecular formula is C10H9BrClNO3S. The van der Waals surface area contributed by atoms with Gasteiger partial charge < -0.3 is 4.90 Å². The van der Waals surface area contributed by atoms with Crippen LogP contribution < -0.4 is 4.90 Å². The third-order valence-electron chi connectivity index (χ3n) is 2.67. The minimum absolute atomic E-state index is 0.00827. The summed E-state index contributed by atoms with van der Waals surface area (Å²) in [6.07, 6.45) is 0.718. The zero-order chi connectivity index (χ0) is 12.8. The number of rotatable bonds is 1. The fraction of sp³-hybridized carbons (Fsp3) is 0.300. The molecule has 0 radical (unpaired) electrons. The van der Waals surface area contributed by atoms with Gasteiger partial charge in [-0.3, -0.25) is 4.79 Å². The lowest BCUT2D eigenvalue weighted by Crippen LogP contribution is -2.25. The SMILES string of the molecule is CC(=O)N1CCc2cc(Br)c(S(=O)(=O)Cl)cc21. The zero-order valence-electron chi connectivity index (χ0n) is 8.91. The molecule has 0 unspecified atom stereocenters. The van der Waals surface area contributed by atoms with Crippen molar-refractivity contribution in [2.24, 2.45) is 0 Å². The van der Waals surface area contributed by atoms with Crippen molar-refractivity contribution in [3.63, 3.8) is 0 Å². The highest BCUT2D eigenvalue weighted by Crippen LogP contribution is 2.36. The van der Waals surface area contributed by atoms with Crippen LogP contribution in [0.15, 0.2) is 21.5 Å². The Kier molecular flexibility index (Phi) is 3.22. The Morgan fingerprint density at radius 1 is 1.47 bits per heavy atom. The van der Waals surface area contributed by atoms with Crippen LogP contribution in [0.4, 0.5) is 5.69 Å². The quantitative estimate of drug-likeness (QED) is 0.738. The first-order valence-electron chi connectivity index (χ1n) is 4.86. The molecule has 1 heterocycles. The highest BCUT2D eigenvalue weighted by molar-refractivity contribution is 9.10. The van der Waals surface area contributed by atoms with Crippen LogP contribution in [0.25, 0.3) is 0 Å². The lowest BCUT2D eigenvalue weighted by molar-refractivity contribution is -0.116. The van der Waals surface area contributed by atoms with E-state index in [2.05, 4.69) is 15.9 Å². The third kappa shape index (κ3) is 2.34. The number of nitrogens with zero attached hydrogens (tertiary/aromatic N) is 1. The number of benzene rings is 1. The van der Waals surface area contributed by atoms with E-state index in [-0.39, 0.29) is 10.8 Å². The molecule has 92 valence electrons. The van der Waals surface area contributed by atoms with E-state index in [9.17, 15) is 13.2 Å². The summed E-state index contributed by atoms with van der Waals surface area (Å²) in [5.41, 5.74) is 1.57. The largest absolute Gasteiger partial charge is 0.312 e. The lowest BCUT2D eigenvalue weighted by atomic mass is 10.2. The second-order valence-electron chi connectivity index (χ2n) is 3.77. The summed E-state index contributed by atoms with van der Waals surface area (Å²) in [5, 5.41) is 0. The Hall–Kier alpha value is -0.590. The van der Waals surface area contributed by atoms with Crippen molar-refractivity contribution >= 4 is 47.3 Å². The molecule has 17 heavy (non-hydrogen) atoms. The first kappa shape index (κ1) is 12.9. The van der Waals surface area contributed by atoms with Crippen LogP contribution in [-0.2, 0) is 20.3 Å². The van der Waals surface area contributed by atoms with Gasteiger partial charge in [-0.25, -0.2) is 8.42 Å². The number of hydrogen-bond acceptors (Lipinski definition) is 3. The second-order valence-corrected chi connectivity index (χ2v) is 7.16. The van der Waals surface area contributed by atoms with Crippen LogP contribution in [0.2, 0.25) is 0 Å². The maximum absolute atomic E-state index is 11.4. The van der Waals surface area contributed by atoms with Crippen molar-refractivity contribution in [2.75, 3.05) is 11.4 Å². The standard InChI is InChI=1S/C10H9BrClNO3S/c1-6(14)13-3-2-7-4-8(11)10(5-9(7)13)17(12,15)16/h4-5H,2-3H2,1H3. The van der Waals surface area contributed by atoms with Crippen molar-refractivity contribution in [2.45, 2.75) is 18.2 Å². The van der Waals surface area contributed by atoms with Gasteiger partial charge in [-0.2, -0.15) is 0 Å². The molecule has 1 aliphatic heterocycles. The first-order valence-corrected chi connectivity index (χ1v) is 7.96. The van der Waals surface area contributed by atoms with Gasteiger partial charge in [0.05, 0.1) is 4.90 Å². The lowest BCUT2D eigenvalue weighted by Gasteiger charge is -2.15. The monoisotopic (exact) mass is 337 g/mol. The summed E-state index contributed by atoms with van der Waals surface area (Å²) in [4.78, 5) is 12.9. The van der Waals surface area contributed by atoms with Crippen LogP contribution in [0, 0.1) is 0 Å². The maximum Gasteiger partial charge on any atom is 0.262 e. The third-order valence-corrected chi connectivity index (χ3v) is 4.95. The molecule has 0 fully saturated rings. The van der Waals surface area contributed by atoms with Gasteiger partial charge in [0, 0.05) is 34.3 Å². The van der Waals surface area contributed by atoms with Crippen molar-refractivity contribution in [1.29, 1.82) is 0 Å². The van der Waals surface area contributed by atoms with Crippen molar-refractivity contribution < 1.29 is 13.2 Å². The average molecular weight is 339 g/mol. The van der Waals surface area contributed by atoms with E-state index in [1.165, 1.54) is 13.0 Å². The summed E-state index contributed by atoms with van der Waals surface area (Å²) in [6, 6.07) is 3.14. The molecular weight excluding hydrogens is 330 g/mol. The Morgan fingerprint density at radius 2 is 2.12 bits per heavy atom. The smallest absolute Gasteiger partial charge is 0.262 e. The molecule has 0 aliphatic carbocycles. The Balaban J connectivity index is 2.63. The number of fused-ring (bicyclic) bond motifs is 1. The summed E-state index contributed by atoms with van der Waals surface area (Å²) >= 11 is 3.18. The molecule has 4 nitrogen and oxygen atoms in total. The molecule has 0 saturated heterocycles. The maximum atomic E-state index is 11.4. The summed E-state index contributed by atoms with van der Waals surface area (Å²) in [6.45, 7) is 2.02. The number of carbonyl (C=O) groups is 1. The predicted molar refractivity (Wildman–Crippen MR) is 68.9 cm³/mol. The zero-order valence-corrected chi connectivity index (χ0v) is 12.1. The van der Waals surface area contributed by atoms with Gasteiger partial charge in [-0.15, -0.1) is 0 Å². The number of halogens is 2. The molecule has 0 N–H and O–H groups in total. The van der Waals surface area contributed by atoms with Crippen LogP contribution in [0.3, 0.4) is 0 Å². The molecule has 7 heteroatoms. The molecule has 1 aliphatic rings. The number of carbonyl (C=O) groups excluding carboxylic acids is 1. The van der Waals surface area contributed by atoms with Gasteiger partial charge in [-0.05, 0) is 40.0 Å². The van der Waals surface area contributed by atoms with Gasteiger partial charge in [0.2, 0.25) is 5.91 Å². The summed E-state index contributed by atoms with van der Waals surface area (Å²) in [5.74, 6) is -0.107. The van der Waals surface area contributed by atoms with Crippen LogP contribution >= 0.6 is 26.6 Å². The van der Waals surface area contributed by atoms with Crippen LogP contribution in [0.5, 0.6) is 0 Å². The van der Waals surface area contributed by atoms with E-state index in [1.54, 1.807) is 11.0 Å². The van der Waals surface area contributed by atoms with Gasteiger partial charge in [0.25, 0.3) is 9.05 Å². The van der Waals surface area contributed by atoms with Gasteiger partial charge in [0.1, 0.15) is 0 Å². The number of amides is 1. The Labute approximate surface area is 112 Å². The van der Waals surface area contributed by atoms with Gasteiger partial charge >= 0.3 is 0 Å². The fourth-order valence-corrected chi connectivity index (χ4v) is 4.14. The highest BCUT2D eigenvalue weighted by Gasteiger charge is 2.26. The average Bonchev–Trinajstić information content (AvgIpc) is 2.57. The molecule has 0 aromatic heterocycles. The molecule has 0 atom stereocenters. The topological polar surface area (TPSA) is 54.5 Å². The molecule has 1 aromatic carbocycles. The summed E-state index contributed by atoms with van der Waals surface area (Å²) < 4.78 is 23.2. The first-order chi connectivity index (χ1) is 7.80. The van der Waals surface area contributed by atoms with E-state index in [1.807, 2.05) is 0 Å². The van der Waals surface area contributed by atoms with Crippen LogP contribution in [-0.4, -0.2) is 20.9 Å². The van der Waals surface area contributed by atoms with Gasteiger partial charge in [-0.1, -0.05) is 0 Å². The molecule has 1 amide bonds. The minimum atomic E-state index is -3.82. The number of anilines is 1. The highest BCUT2D eigenvalue weighted by atomic mass is 79.9. The van der Waals surface area contributed by atoms with E-state index in [4.69, 9.17) is 10.7 Å². The molecule has 0 saturated carbocycles. The molecule has 0 spiro atoms. The fourth-order valence-electron chi connectivity index (χ4n) is 1.90. The summed E-state index contributed by atoms with van der Waals surface area (Å²) in [7, 11) is 1.51. The van der Waals surface area contributed by atoms with Crippen LogP contribution in [0.1, 0.15) is 12.5 Å². The van der Waals surface area contributed by atoms with E-state index in [0.29, 0.717) is 16.7 Å². The van der Waals surface area contributed by atoms with Crippen molar-refractivity contribution in [1.82, 2.24) is 0 Å². The molecule has 1 aromatic rings. The molecule has 2 rings (SSSR count). The van der Waals surface area contributed by atoms with E-state index in [0.717, 1.165) is 12.0 Å². The minimum Gasteiger partial charge on any atom is -0.312 e.